The van der Waals surface area contributed by atoms with Crippen LogP contribution in [0.15, 0.2) is 72.9 Å². The molecule has 0 aliphatic carbocycles. The summed E-state index contributed by atoms with van der Waals surface area (Å²) in [5, 5.41) is 0. The highest BCUT2D eigenvalue weighted by Gasteiger charge is 2.19. The largest absolute Gasteiger partial charge is 0.462 e. The first-order valence-electron chi connectivity index (χ1n) is 35.4. The van der Waals surface area contributed by atoms with Crippen molar-refractivity contribution in [2.45, 2.75) is 374 Å². The number of ether oxygens (including phenoxy) is 3. The normalized spacial score (nSPS) is 12.5. The van der Waals surface area contributed by atoms with E-state index in [0.717, 1.165) is 89.9 Å². The number of hydrogen-bond donors (Lipinski definition) is 0. The minimum Gasteiger partial charge on any atom is -0.462 e. The van der Waals surface area contributed by atoms with Gasteiger partial charge in [0.2, 0.25) is 0 Å². The van der Waals surface area contributed by atoms with E-state index in [2.05, 4.69) is 93.7 Å². The van der Waals surface area contributed by atoms with E-state index in [-0.39, 0.29) is 31.1 Å². The van der Waals surface area contributed by atoms with Crippen molar-refractivity contribution >= 4 is 17.9 Å². The number of hydrogen-bond acceptors (Lipinski definition) is 6. The van der Waals surface area contributed by atoms with Crippen LogP contribution >= 0.6 is 0 Å². The van der Waals surface area contributed by atoms with Crippen molar-refractivity contribution in [1.82, 2.24) is 0 Å². The maximum absolute atomic E-state index is 12.9. The first-order chi connectivity index (χ1) is 40.0. The van der Waals surface area contributed by atoms with Crippen molar-refractivity contribution in [3.63, 3.8) is 0 Å². The molecule has 0 amide bonds. The van der Waals surface area contributed by atoms with E-state index < -0.39 is 6.10 Å². The Hall–Kier alpha value is -3.15. The van der Waals surface area contributed by atoms with Crippen molar-refractivity contribution in [2.75, 3.05) is 13.2 Å². The van der Waals surface area contributed by atoms with Crippen LogP contribution in [0.3, 0.4) is 0 Å². The van der Waals surface area contributed by atoms with Crippen LogP contribution in [-0.4, -0.2) is 37.2 Å². The second kappa shape index (κ2) is 69.3. The summed E-state index contributed by atoms with van der Waals surface area (Å²) in [7, 11) is 0. The van der Waals surface area contributed by atoms with E-state index in [4.69, 9.17) is 14.2 Å². The molecule has 0 heterocycles. The minimum atomic E-state index is -0.771. The van der Waals surface area contributed by atoms with Gasteiger partial charge < -0.3 is 14.2 Å². The van der Waals surface area contributed by atoms with Gasteiger partial charge in [-0.05, 0) is 89.9 Å². The predicted octanol–water partition coefficient (Wildman–Crippen LogP) is 24.4. The average Bonchev–Trinajstić information content (AvgIpc) is 3.46. The van der Waals surface area contributed by atoms with Crippen molar-refractivity contribution in [1.29, 1.82) is 0 Å². The van der Waals surface area contributed by atoms with Crippen LogP contribution in [0.4, 0.5) is 0 Å². The van der Waals surface area contributed by atoms with Gasteiger partial charge >= 0.3 is 17.9 Å². The molecule has 6 nitrogen and oxygen atoms in total. The van der Waals surface area contributed by atoms with Crippen LogP contribution < -0.4 is 0 Å². The molecule has 0 aromatic rings. The van der Waals surface area contributed by atoms with Crippen LogP contribution in [0.25, 0.3) is 0 Å². The molecule has 1 unspecified atom stereocenters. The Labute approximate surface area is 503 Å². The van der Waals surface area contributed by atoms with Gasteiger partial charge in [-0.3, -0.25) is 14.4 Å². The summed E-state index contributed by atoms with van der Waals surface area (Å²) < 4.78 is 16.9. The molecule has 1 atom stereocenters. The van der Waals surface area contributed by atoms with Gasteiger partial charge in [-0.25, -0.2) is 0 Å². The quantitative estimate of drug-likeness (QED) is 0.0261. The zero-order chi connectivity index (χ0) is 58.5. The van der Waals surface area contributed by atoms with Crippen LogP contribution in [0, 0.1) is 0 Å². The molecule has 0 aromatic carbocycles. The molecule has 0 radical (unpaired) electrons. The maximum atomic E-state index is 12.9. The van der Waals surface area contributed by atoms with Gasteiger partial charge in [-0.1, -0.05) is 331 Å². The summed E-state index contributed by atoms with van der Waals surface area (Å²) in [6, 6.07) is 0. The molecule has 6 heteroatoms. The van der Waals surface area contributed by atoms with Crippen molar-refractivity contribution < 1.29 is 28.6 Å². The fourth-order valence-electron chi connectivity index (χ4n) is 10.4. The van der Waals surface area contributed by atoms with Crippen molar-refractivity contribution in [2.24, 2.45) is 0 Å². The molecule has 0 N–H and O–H groups in total. The third kappa shape index (κ3) is 67.5. The van der Waals surface area contributed by atoms with E-state index in [0.29, 0.717) is 19.3 Å². The highest BCUT2D eigenvalue weighted by atomic mass is 16.6. The lowest BCUT2D eigenvalue weighted by Crippen LogP contribution is -2.30. The number of carbonyl (C=O) groups is 3. The zero-order valence-electron chi connectivity index (χ0n) is 54.1. The third-order valence-electron chi connectivity index (χ3n) is 15.7. The summed E-state index contributed by atoms with van der Waals surface area (Å²) in [6.45, 7) is 6.53. The van der Waals surface area contributed by atoms with Gasteiger partial charge in [-0.2, -0.15) is 0 Å². The highest BCUT2D eigenvalue weighted by Crippen LogP contribution is 2.18. The van der Waals surface area contributed by atoms with Crippen LogP contribution in [0.1, 0.15) is 367 Å². The van der Waals surface area contributed by atoms with E-state index in [1.807, 2.05) is 0 Å². The Morgan fingerprint density at radius 3 is 0.765 bits per heavy atom. The van der Waals surface area contributed by atoms with Crippen LogP contribution in [-0.2, 0) is 28.6 Å². The second-order valence-corrected chi connectivity index (χ2v) is 23.8. The van der Waals surface area contributed by atoms with Gasteiger partial charge in [0.15, 0.2) is 6.10 Å². The fraction of sp³-hybridized carbons (Fsp3) is 0.800. The summed E-state index contributed by atoms with van der Waals surface area (Å²) in [4.78, 5) is 38.2. The Morgan fingerprint density at radius 1 is 0.259 bits per heavy atom. The number of unbranched alkanes of at least 4 members (excludes halogenated alkanes) is 42. The summed E-state index contributed by atoms with van der Waals surface area (Å²) >= 11 is 0. The van der Waals surface area contributed by atoms with Gasteiger partial charge in [0, 0.05) is 19.3 Å². The van der Waals surface area contributed by atoms with Gasteiger partial charge in [-0.15, -0.1) is 0 Å². The second-order valence-electron chi connectivity index (χ2n) is 23.8. The molecule has 0 saturated carbocycles. The molecule has 81 heavy (non-hydrogen) atoms. The molecule has 0 saturated heterocycles. The molecule has 0 bridgehead atoms. The van der Waals surface area contributed by atoms with Crippen molar-refractivity contribution in [3.05, 3.63) is 72.9 Å². The molecule has 0 aliphatic heterocycles. The predicted molar refractivity (Wildman–Crippen MR) is 353 cm³/mol. The summed E-state index contributed by atoms with van der Waals surface area (Å²) in [5.74, 6) is -0.857. The molecular formula is C75H134O6. The molecule has 0 fully saturated rings. The molecular weight excluding hydrogens is 997 g/mol. The summed E-state index contributed by atoms with van der Waals surface area (Å²) in [5.41, 5.74) is 0. The lowest BCUT2D eigenvalue weighted by Gasteiger charge is -2.18. The molecule has 0 spiro atoms. The smallest absolute Gasteiger partial charge is 0.306 e. The highest BCUT2D eigenvalue weighted by molar-refractivity contribution is 5.71. The number of esters is 3. The Balaban J connectivity index is 4.04. The Kier molecular flexibility index (Phi) is 66.6. The average molecular weight is 1130 g/mol. The first-order valence-corrected chi connectivity index (χ1v) is 35.4. The molecule has 0 rings (SSSR count). The maximum Gasteiger partial charge on any atom is 0.306 e. The number of rotatable bonds is 65. The van der Waals surface area contributed by atoms with Gasteiger partial charge in [0.05, 0.1) is 0 Å². The molecule has 470 valence electrons. The number of carbonyl (C=O) groups excluding carboxylic acids is 3. The topological polar surface area (TPSA) is 78.9 Å². The Morgan fingerprint density at radius 2 is 0.481 bits per heavy atom. The molecule has 0 aromatic heterocycles. The third-order valence-corrected chi connectivity index (χ3v) is 15.7. The van der Waals surface area contributed by atoms with E-state index in [1.54, 1.807) is 0 Å². The van der Waals surface area contributed by atoms with Crippen LogP contribution in [0.2, 0.25) is 0 Å². The first kappa shape index (κ1) is 77.9. The Bertz CT molecular complexity index is 1490. The van der Waals surface area contributed by atoms with Crippen LogP contribution in [0.5, 0.6) is 0 Å². The fourth-order valence-corrected chi connectivity index (χ4v) is 10.4. The molecule has 0 aliphatic rings. The standard InChI is InChI=1S/C75H134O6/c1-4-7-10-13-16-18-20-22-24-26-28-30-32-34-35-36-37-38-39-41-42-44-46-48-50-52-54-56-59-62-65-68-74(77)80-71-72(70-79-73(76)67-64-61-58-15-12-9-6-3)81-75(78)69-66-63-60-57-55-53-51-49-47-45-43-40-33-31-29-27-25-23-21-19-17-14-11-8-5-2/h7,10,16,18,22,24,27-30,34-35,72H,4-6,8-9,11-15,17,19-21,23,25-26,31-33,36-71H2,1-3H3/b10-7-,18-16-,24-22-,29-27-,30-28-,35-34-. The lowest BCUT2D eigenvalue weighted by atomic mass is 10.0. The monoisotopic (exact) mass is 1130 g/mol. The lowest BCUT2D eigenvalue weighted by molar-refractivity contribution is -0.167. The van der Waals surface area contributed by atoms with Crippen molar-refractivity contribution in [3.8, 4) is 0 Å². The van der Waals surface area contributed by atoms with Gasteiger partial charge in [0.1, 0.15) is 13.2 Å². The van der Waals surface area contributed by atoms with E-state index in [9.17, 15) is 14.4 Å². The van der Waals surface area contributed by atoms with E-state index in [1.165, 1.54) is 238 Å². The van der Waals surface area contributed by atoms with Gasteiger partial charge in [0.25, 0.3) is 0 Å². The SMILES string of the molecule is CC/C=C\C/C=C\C/C=C\C/C=C\C/C=C\CCCCCCCCCCCCCCCCCC(=O)OCC(COC(=O)CCCCCCCCC)OC(=O)CCCCCCCCCCCCCCC/C=C\CCCCCCCCCC. The van der Waals surface area contributed by atoms with E-state index >= 15 is 0 Å². The summed E-state index contributed by atoms with van der Waals surface area (Å²) in [6.07, 6.45) is 91.1. The zero-order valence-corrected chi connectivity index (χ0v) is 54.1. The minimum absolute atomic E-state index is 0.0705. The number of allylic oxidation sites excluding steroid dienone is 12.